The van der Waals surface area contributed by atoms with Crippen molar-refractivity contribution in [1.29, 1.82) is 0 Å². The van der Waals surface area contributed by atoms with Crippen LogP contribution < -0.4 is 15.4 Å². The number of hydrogen-bond donors (Lipinski definition) is 3. The fraction of sp³-hybridized carbons (Fsp3) is 0.514. The Morgan fingerprint density at radius 1 is 1.10 bits per heavy atom. The number of esters is 1. The van der Waals surface area contributed by atoms with E-state index in [1.54, 1.807) is 18.2 Å². The van der Waals surface area contributed by atoms with Crippen LogP contribution in [0.15, 0.2) is 36.4 Å². The number of nitrogens with one attached hydrogen (secondary N) is 2. The van der Waals surface area contributed by atoms with E-state index < -0.39 is 53.6 Å². The number of carboxylic acids is 1. The van der Waals surface area contributed by atoms with Gasteiger partial charge >= 0.3 is 18.0 Å². The number of benzene rings is 1. The molecule has 3 fully saturated rings. The summed E-state index contributed by atoms with van der Waals surface area (Å²) in [5, 5.41) is 15.9. The molecular formula is C37H42N4O9. The summed E-state index contributed by atoms with van der Waals surface area (Å²) in [6.45, 7) is -0.0532. The van der Waals surface area contributed by atoms with Gasteiger partial charge in [0.15, 0.2) is 5.69 Å². The number of fused-ring (bicyclic) bond motifs is 3. The molecule has 50 heavy (non-hydrogen) atoms. The van der Waals surface area contributed by atoms with Crippen LogP contribution in [0.2, 0.25) is 0 Å². The third-order valence-corrected chi connectivity index (χ3v) is 10.1. The number of ether oxygens (including phenoxy) is 3. The van der Waals surface area contributed by atoms with Gasteiger partial charge in [-0.25, -0.2) is 19.4 Å². The Kier molecular flexibility index (Phi) is 10.3. The molecule has 264 valence electrons. The van der Waals surface area contributed by atoms with Crippen LogP contribution in [0.25, 0.3) is 10.9 Å². The first-order chi connectivity index (χ1) is 24.1. The van der Waals surface area contributed by atoms with Gasteiger partial charge in [0.25, 0.3) is 0 Å². The van der Waals surface area contributed by atoms with Gasteiger partial charge < -0.3 is 34.9 Å². The quantitative estimate of drug-likeness (QED) is 0.230. The Morgan fingerprint density at radius 3 is 2.62 bits per heavy atom. The number of amides is 3. The van der Waals surface area contributed by atoms with Gasteiger partial charge in [-0.2, -0.15) is 0 Å². The topological polar surface area (TPSA) is 173 Å². The molecule has 0 bridgehead atoms. The maximum Gasteiger partial charge on any atom is 0.408 e. The molecular weight excluding hydrogens is 644 g/mol. The number of nitrogens with zero attached hydrogens (tertiary/aromatic N) is 2. The molecule has 6 rings (SSSR count). The summed E-state index contributed by atoms with van der Waals surface area (Å²) in [5.41, 5.74) is -0.898. The average molecular weight is 687 g/mol. The highest BCUT2D eigenvalue weighted by atomic mass is 16.6. The number of allylic oxidation sites excluding steroid dienone is 1. The summed E-state index contributed by atoms with van der Waals surface area (Å²) >= 11 is 0. The highest BCUT2D eigenvalue weighted by Gasteiger charge is 2.62. The number of carboxylic acid groups (broad SMARTS) is 1. The Labute approximate surface area is 290 Å². The maximum atomic E-state index is 14.4. The molecule has 1 saturated heterocycles. The molecule has 1 aromatic carbocycles. The smallest absolute Gasteiger partial charge is 0.408 e. The molecule has 2 aromatic rings. The third-order valence-electron chi connectivity index (χ3n) is 10.1. The monoisotopic (exact) mass is 686 g/mol. The lowest BCUT2D eigenvalue weighted by molar-refractivity contribution is -0.148. The zero-order valence-electron chi connectivity index (χ0n) is 28.0. The normalized spacial score (nSPS) is 27.8. The number of aromatic nitrogens is 1. The summed E-state index contributed by atoms with van der Waals surface area (Å²) in [6, 6.07) is 4.29. The molecule has 1 unspecified atom stereocenters. The minimum atomic E-state index is -1.28. The first-order valence-corrected chi connectivity index (χ1v) is 17.3. The summed E-state index contributed by atoms with van der Waals surface area (Å²) in [5.74, 6) is -0.453. The fourth-order valence-electron chi connectivity index (χ4n) is 7.37. The molecule has 4 aliphatic rings. The second-order valence-electron chi connectivity index (χ2n) is 13.5. The molecule has 13 nitrogen and oxygen atoms in total. The molecule has 2 aliphatic heterocycles. The Bertz CT molecular complexity index is 1750. The predicted molar refractivity (Wildman–Crippen MR) is 180 cm³/mol. The standard InChI is InChI=1S/C37H42N4O9/c1-3-22-12-11-16-26-30(19-28(34(44)45)38-31(22)26)49-25-18-29-32(42)40-37(35(46)48-2)20-23(37)13-7-5-4-6-8-17-27(33(43)41(29)21-25)39-36(47)50-24-14-9-10-15-24/h1,7,11-13,16,19,23-25,27,29H,4-6,8-10,14-15,17-18,20-21H2,2H3,(H,39,47)(H,40,42)(H,44,45)/b13-7-/t23?,25-,27+,29+,37-/m1/s1. The lowest BCUT2D eigenvalue weighted by atomic mass is 10.0. The summed E-state index contributed by atoms with van der Waals surface area (Å²) in [7, 11) is 1.27. The van der Waals surface area contributed by atoms with Gasteiger partial charge in [-0.1, -0.05) is 37.0 Å². The number of hydrogen-bond acceptors (Lipinski definition) is 9. The first kappa shape index (κ1) is 34.7. The van der Waals surface area contributed by atoms with Gasteiger partial charge in [-0.05, 0) is 63.5 Å². The number of carbonyl (C=O) groups excluding carboxylic acids is 4. The highest BCUT2D eigenvalue weighted by molar-refractivity contribution is 5.97. The lowest BCUT2D eigenvalue weighted by Crippen LogP contribution is -2.56. The number of methoxy groups -OCH3 is 1. The number of pyridine rings is 1. The van der Waals surface area contributed by atoms with Crippen molar-refractivity contribution in [3.8, 4) is 18.1 Å². The number of rotatable bonds is 6. The van der Waals surface area contributed by atoms with Gasteiger partial charge in [-0.15, -0.1) is 6.42 Å². The van der Waals surface area contributed by atoms with Crippen molar-refractivity contribution in [3.05, 3.63) is 47.7 Å². The van der Waals surface area contributed by atoms with E-state index in [0.717, 1.165) is 44.9 Å². The molecule has 5 atom stereocenters. The van der Waals surface area contributed by atoms with Crippen LogP contribution in [-0.4, -0.2) is 88.3 Å². The molecule has 0 radical (unpaired) electrons. The van der Waals surface area contributed by atoms with Crippen molar-refractivity contribution >= 4 is 40.7 Å². The van der Waals surface area contributed by atoms with Gasteiger partial charge in [0, 0.05) is 23.8 Å². The van der Waals surface area contributed by atoms with E-state index in [9.17, 15) is 29.1 Å². The first-order valence-electron chi connectivity index (χ1n) is 17.3. The van der Waals surface area contributed by atoms with E-state index in [1.165, 1.54) is 18.1 Å². The molecule has 3 amide bonds. The molecule has 1 aromatic heterocycles. The maximum absolute atomic E-state index is 14.4. The number of carbonyl (C=O) groups is 5. The van der Waals surface area contributed by atoms with E-state index in [2.05, 4.69) is 21.5 Å². The van der Waals surface area contributed by atoms with Gasteiger partial charge in [-0.3, -0.25) is 9.59 Å². The average Bonchev–Trinajstić information content (AvgIpc) is 3.38. The van der Waals surface area contributed by atoms with Crippen LogP contribution in [0.5, 0.6) is 5.75 Å². The van der Waals surface area contributed by atoms with E-state index in [4.69, 9.17) is 20.6 Å². The van der Waals surface area contributed by atoms with Crippen molar-refractivity contribution < 1.29 is 43.3 Å². The van der Waals surface area contributed by atoms with Crippen LogP contribution in [0.3, 0.4) is 0 Å². The lowest BCUT2D eigenvalue weighted by Gasteiger charge is -2.29. The van der Waals surface area contributed by atoms with Gasteiger partial charge in [0.1, 0.15) is 35.6 Å². The third kappa shape index (κ3) is 7.25. The molecule has 3 heterocycles. The van der Waals surface area contributed by atoms with Crippen molar-refractivity contribution in [3.63, 3.8) is 0 Å². The Balaban J connectivity index is 1.32. The minimum absolute atomic E-state index is 0.0234. The van der Waals surface area contributed by atoms with Crippen molar-refractivity contribution in [1.82, 2.24) is 20.5 Å². The van der Waals surface area contributed by atoms with Crippen LogP contribution in [-0.2, 0) is 23.9 Å². The molecule has 13 heteroatoms. The minimum Gasteiger partial charge on any atom is -0.488 e. The molecule has 2 aliphatic carbocycles. The van der Waals surface area contributed by atoms with Gasteiger partial charge in [0.05, 0.1) is 24.7 Å². The van der Waals surface area contributed by atoms with E-state index >= 15 is 0 Å². The van der Waals surface area contributed by atoms with E-state index in [1.807, 2.05) is 12.2 Å². The second-order valence-corrected chi connectivity index (χ2v) is 13.5. The van der Waals surface area contributed by atoms with E-state index in [0.29, 0.717) is 30.2 Å². The van der Waals surface area contributed by atoms with Crippen molar-refractivity contribution in [2.24, 2.45) is 5.92 Å². The molecule has 3 N–H and O–H groups in total. The predicted octanol–water partition coefficient (Wildman–Crippen LogP) is 3.87. The Hall–Kier alpha value is -5.12. The van der Waals surface area contributed by atoms with Gasteiger partial charge in [0.2, 0.25) is 11.8 Å². The highest BCUT2D eigenvalue weighted by Crippen LogP contribution is 2.46. The summed E-state index contributed by atoms with van der Waals surface area (Å²) < 4.78 is 17.1. The zero-order valence-corrected chi connectivity index (χ0v) is 28.0. The number of terminal acetylenes is 1. The van der Waals surface area contributed by atoms with Crippen molar-refractivity contribution in [2.45, 2.75) is 100 Å². The summed E-state index contributed by atoms with van der Waals surface area (Å²) in [4.78, 5) is 72.2. The van der Waals surface area contributed by atoms with Crippen LogP contribution in [0, 0.1) is 18.3 Å². The van der Waals surface area contributed by atoms with E-state index in [-0.39, 0.29) is 41.9 Å². The second kappa shape index (κ2) is 14.8. The number of para-hydroxylation sites is 1. The largest absolute Gasteiger partial charge is 0.488 e. The molecule has 0 spiro atoms. The van der Waals surface area contributed by atoms with Crippen LogP contribution in [0.1, 0.15) is 86.7 Å². The van der Waals surface area contributed by atoms with Crippen molar-refractivity contribution in [2.75, 3.05) is 13.7 Å². The zero-order chi connectivity index (χ0) is 35.4. The number of aromatic carboxylic acids is 1. The SMILES string of the molecule is C#Cc1cccc2c(O[C@@H]3C[C@H]4C(=O)N[C@]5(C(=O)OC)CC5/C=C\CCCCC[C@H](NC(=O)OC5CCCC5)C(=O)N4C3)cc(C(=O)O)nc12. The number of alkyl carbamates (subject to hydrolysis) is 1. The van der Waals surface area contributed by atoms with Crippen LogP contribution >= 0.6 is 0 Å². The molecule has 2 saturated carbocycles. The fourth-order valence-corrected chi connectivity index (χ4v) is 7.37. The Morgan fingerprint density at radius 2 is 1.88 bits per heavy atom. The van der Waals surface area contributed by atoms with Crippen LogP contribution in [0.4, 0.5) is 4.79 Å². The summed E-state index contributed by atoms with van der Waals surface area (Å²) in [6.07, 6.45) is 15.2.